The minimum absolute atomic E-state index is 0.0457. The first-order valence-corrected chi connectivity index (χ1v) is 7.86. The number of esters is 1. The molecule has 0 saturated carbocycles. The van der Waals surface area contributed by atoms with Crippen LogP contribution in [0.3, 0.4) is 0 Å². The van der Waals surface area contributed by atoms with Gasteiger partial charge in [0.1, 0.15) is 23.8 Å². The lowest BCUT2D eigenvalue weighted by Gasteiger charge is -2.06. The molecule has 3 rings (SSSR count). The van der Waals surface area contributed by atoms with Gasteiger partial charge in [0, 0.05) is 29.2 Å². The zero-order valence-corrected chi connectivity index (χ0v) is 14.0. The highest BCUT2D eigenvalue weighted by molar-refractivity contribution is 6.30. The van der Waals surface area contributed by atoms with Gasteiger partial charge in [-0.2, -0.15) is 0 Å². The summed E-state index contributed by atoms with van der Waals surface area (Å²) in [6.07, 6.45) is 2.60. The Morgan fingerprint density at radius 1 is 1.23 bits per heavy atom. The molecule has 0 unspecified atom stereocenters. The molecular weight excluding hydrogens is 363 g/mol. The second kappa shape index (κ2) is 7.41. The van der Waals surface area contributed by atoms with E-state index >= 15 is 0 Å². The van der Waals surface area contributed by atoms with Gasteiger partial charge in [-0.15, -0.1) is 0 Å². The molecule has 0 bridgehead atoms. The molecule has 0 fully saturated rings. The van der Waals surface area contributed by atoms with Crippen molar-refractivity contribution in [3.8, 4) is 5.75 Å². The summed E-state index contributed by atoms with van der Waals surface area (Å²) in [6.45, 7) is -0.153. The van der Waals surface area contributed by atoms with Crippen molar-refractivity contribution >= 4 is 34.6 Å². The van der Waals surface area contributed by atoms with Crippen molar-refractivity contribution in [1.82, 2.24) is 0 Å². The first-order chi connectivity index (χ1) is 12.4. The summed E-state index contributed by atoms with van der Waals surface area (Å²) in [7, 11) is 0. The highest BCUT2D eigenvalue weighted by atomic mass is 35.5. The first kappa shape index (κ1) is 17.7. The van der Waals surface area contributed by atoms with Crippen LogP contribution in [0.4, 0.5) is 4.39 Å². The van der Waals surface area contributed by atoms with Crippen molar-refractivity contribution in [2.75, 3.05) is 0 Å². The van der Waals surface area contributed by atoms with E-state index in [4.69, 9.17) is 20.8 Å². The van der Waals surface area contributed by atoms with Crippen molar-refractivity contribution in [3.63, 3.8) is 0 Å². The van der Waals surface area contributed by atoms with Crippen LogP contribution in [0, 0.1) is 5.82 Å². The Kier molecular flexibility index (Phi) is 5.04. The number of carbonyl (C=O) groups is 1. The fourth-order valence-electron chi connectivity index (χ4n) is 2.32. The Balaban J connectivity index is 1.73. The molecule has 132 valence electrons. The Morgan fingerprint density at radius 3 is 2.81 bits per heavy atom. The number of phenols is 1. The number of aromatic hydroxyl groups is 1. The molecule has 0 saturated heterocycles. The third kappa shape index (κ3) is 4.10. The zero-order valence-electron chi connectivity index (χ0n) is 13.2. The van der Waals surface area contributed by atoms with Gasteiger partial charge in [0.15, 0.2) is 0 Å². The molecular formula is C19H12ClFO5. The van der Waals surface area contributed by atoms with Crippen LogP contribution in [0.25, 0.3) is 17.0 Å². The summed E-state index contributed by atoms with van der Waals surface area (Å²) in [5, 5.41) is 9.95. The van der Waals surface area contributed by atoms with Crippen molar-refractivity contribution in [1.29, 1.82) is 0 Å². The quantitative estimate of drug-likeness (QED) is 0.423. The number of carbonyl (C=O) groups excluding carboxylic acids is 1. The molecule has 0 amide bonds. The third-order valence-electron chi connectivity index (χ3n) is 3.54. The normalized spacial score (nSPS) is 11.2. The van der Waals surface area contributed by atoms with Gasteiger partial charge in [-0.1, -0.05) is 17.7 Å². The minimum Gasteiger partial charge on any atom is -0.508 e. The molecule has 0 aliphatic rings. The Bertz CT molecular complexity index is 1070. The maximum atomic E-state index is 13.1. The standard InChI is InChI=1S/C19H12ClFO5/c20-15-7-11(1-5-16(15)21)2-6-18(23)25-10-12-8-19(24)26-17-9-13(22)3-4-14(12)17/h1-9,22H,10H2/b6-2+. The SMILES string of the molecule is O=C(/C=C/c1ccc(F)c(Cl)c1)OCc1cc(=O)oc2cc(O)ccc12. The average Bonchev–Trinajstić information content (AvgIpc) is 2.60. The van der Waals surface area contributed by atoms with Crippen LogP contribution < -0.4 is 5.63 Å². The second-order valence-corrected chi connectivity index (χ2v) is 5.79. The van der Waals surface area contributed by atoms with Crippen LogP contribution in [0.5, 0.6) is 5.75 Å². The number of hydrogen-bond donors (Lipinski definition) is 1. The van der Waals surface area contributed by atoms with E-state index in [0.717, 1.165) is 0 Å². The Morgan fingerprint density at radius 2 is 2.04 bits per heavy atom. The van der Waals surface area contributed by atoms with E-state index in [-0.39, 0.29) is 23.0 Å². The topological polar surface area (TPSA) is 76.7 Å². The Labute approximate surface area is 151 Å². The smallest absolute Gasteiger partial charge is 0.336 e. The summed E-state index contributed by atoms with van der Waals surface area (Å²) in [6, 6.07) is 9.56. The molecule has 1 aromatic heterocycles. The van der Waals surface area contributed by atoms with Gasteiger partial charge in [-0.25, -0.2) is 14.0 Å². The largest absolute Gasteiger partial charge is 0.508 e. The van der Waals surface area contributed by atoms with Crippen LogP contribution in [0.15, 0.2) is 57.8 Å². The van der Waals surface area contributed by atoms with Crippen molar-refractivity contribution in [2.45, 2.75) is 6.61 Å². The van der Waals surface area contributed by atoms with Crippen molar-refractivity contribution in [2.24, 2.45) is 0 Å². The molecule has 5 nitrogen and oxygen atoms in total. The van der Waals surface area contributed by atoms with Gasteiger partial charge in [-0.3, -0.25) is 0 Å². The molecule has 26 heavy (non-hydrogen) atoms. The van der Waals surface area contributed by atoms with E-state index in [9.17, 15) is 19.1 Å². The van der Waals surface area contributed by atoms with Gasteiger partial charge < -0.3 is 14.3 Å². The molecule has 0 aliphatic carbocycles. The number of benzene rings is 2. The van der Waals surface area contributed by atoms with Gasteiger partial charge in [0.2, 0.25) is 0 Å². The van der Waals surface area contributed by atoms with Gasteiger partial charge in [0.25, 0.3) is 0 Å². The average molecular weight is 375 g/mol. The summed E-state index contributed by atoms with van der Waals surface area (Å²) in [5.74, 6) is -1.24. The predicted molar refractivity (Wildman–Crippen MR) is 94.4 cm³/mol. The minimum atomic E-state index is -0.648. The lowest BCUT2D eigenvalue weighted by Crippen LogP contribution is -2.05. The fourth-order valence-corrected chi connectivity index (χ4v) is 2.50. The summed E-state index contributed by atoms with van der Waals surface area (Å²) in [5.41, 5.74) is 0.558. The second-order valence-electron chi connectivity index (χ2n) is 5.39. The number of hydrogen-bond acceptors (Lipinski definition) is 5. The fraction of sp³-hybridized carbons (Fsp3) is 0.0526. The molecule has 0 aliphatic heterocycles. The lowest BCUT2D eigenvalue weighted by molar-refractivity contribution is -0.138. The Hall–Kier alpha value is -3.12. The summed E-state index contributed by atoms with van der Waals surface area (Å²) in [4.78, 5) is 23.4. The van der Waals surface area contributed by atoms with E-state index in [0.29, 0.717) is 16.5 Å². The van der Waals surface area contributed by atoms with Crippen LogP contribution in [0.1, 0.15) is 11.1 Å². The molecule has 7 heteroatoms. The maximum absolute atomic E-state index is 13.1. The number of rotatable bonds is 4. The third-order valence-corrected chi connectivity index (χ3v) is 3.83. The molecule has 0 spiro atoms. The van der Waals surface area contributed by atoms with Crippen LogP contribution >= 0.6 is 11.6 Å². The van der Waals surface area contributed by atoms with Gasteiger partial charge in [-0.05, 0) is 35.9 Å². The highest BCUT2D eigenvalue weighted by Crippen LogP contribution is 2.22. The van der Waals surface area contributed by atoms with E-state index in [2.05, 4.69) is 0 Å². The van der Waals surface area contributed by atoms with Crippen LogP contribution in [-0.2, 0) is 16.1 Å². The molecule has 2 aromatic carbocycles. The maximum Gasteiger partial charge on any atom is 0.336 e. The summed E-state index contributed by atoms with van der Waals surface area (Å²) >= 11 is 5.67. The van der Waals surface area contributed by atoms with Gasteiger partial charge >= 0.3 is 11.6 Å². The highest BCUT2D eigenvalue weighted by Gasteiger charge is 2.08. The van der Waals surface area contributed by atoms with Gasteiger partial charge in [0.05, 0.1) is 5.02 Å². The van der Waals surface area contributed by atoms with Crippen LogP contribution in [0.2, 0.25) is 5.02 Å². The van der Waals surface area contributed by atoms with E-state index in [1.54, 1.807) is 6.07 Å². The molecule has 1 N–H and O–H groups in total. The van der Waals surface area contributed by atoms with E-state index in [1.807, 2.05) is 0 Å². The molecule has 3 aromatic rings. The monoisotopic (exact) mass is 374 g/mol. The molecule has 0 radical (unpaired) electrons. The van der Waals surface area contributed by atoms with E-state index < -0.39 is 17.4 Å². The predicted octanol–water partition coefficient (Wildman–Crippen LogP) is 4.05. The molecule has 1 heterocycles. The lowest BCUT2D eigenvalue weighted by atomic mass is 10.1. The van der Waals surface area contributed by atoms with Crippen molar-refractivity contribution in [3.05, 3.63) is 80.9 Å². The number of phenolic OH excluding ortho intramolecular Hbond substituents is 1. The number of fused-ring (bicyclic) bond motifs is 1. The first-order valence-electron chi connectivity index (χ1n) is 7.48. The van der Waals surface area contributed by atoms with Crippen LogP contribution in [-0.4, -0.2) is 11.1 Å². The van der Waals surface area contributed by atoms with Crippen molar-refractivity contribution < 1.29 is 23.4 Å². The molecule has 0 atom stereocenters. The zero-order chi connectivity index (χ0) is 18.7. The number of ether oxygens (including phenoxy) is 1. The summed E-state index contributed by atoms with van der Waals surface area (Å²) < 4.78 is 23.2. The number of halogens is 2. The van der Waals surface area contributed by atoms with E-state index in [1.165, 1.54) is 48.6 Å².